The highest BCUT2D eigenvalue weighted by Gasteiger charge is 2.12. The maximum Gasteiger partial charge on any atom is 0.321 e. The molecule has 0 saturated heterocycles. The molecule has 0 bridgehead atoms. The molecule has 5 nitrogen and oxygen atoms in total. The molecule has 0 aliphatic carbocycles. The largest absolute Gasteiger partial charge is 0.365 e. The lowest BCUT2D eigenvalue weighted by Gasteiger charge is -2.20. The Hall–Kier alpha value is -2.82. The zero-order valence-corrected chi connectivity index (χ0v) is 12.5. The van der Waals surface area contributed by atoms with E-state index in [9.17, 15) is 9.59 Å². The topological polar surface area (TPSA) is 61.4 Å². The third-order valence-corrected chi connectivity index (χ3v) is 3.22. The van der Waals surface area contributed by atoms with Crippen LogP contribution in [0.4, 0.5) is 10.5 Å². The van der Waals surface area contributed by atoms with Crippen LogP contribution in [-0.4, -0.2) is 32.1 Å². The van der Waals surface area contributed by atoms with E-state index in [0.717, 1.165) is 16.5 Å². The molecule has 2 rings (SSSR count). The standard InChI is InChI=1S/C17H19N3O2/c1-3-11-18-17(22)19-16(21)12-20(2)15-10-6-8-13-7-4-5-9-14(13)15/h3-10H,1,11-12H2,2H3,(H2,18,19,21,22). The van der Waals surface area contributed by atoms with E-state index in [0.29, 0.717) is 6.54 Å². The molecule has 0 fully saturated rings. The Morgan fingerprint density at radius 3 is 2.68 bits per heavy atom. The number of imide groups is 1. The van der Waals surface area contributed by atoms with E-state index in [1.165, 1.54) is 0 Å². The summed E-state index contributed by atoms with van der Waals surface area (Å²) in [5.74, 6) is -0.364. The second-order valence-electron chi connectivity index (χ2n) is 4.90. The Morgan fingerprint density at radius 2 is 1.91 bits per heavy atom. The van der Waals surface area contributed by atoms with Crippen LogP contribution in [0.25, 0.3) is 10.8 Å². The molecule has 2 aromatic rings. The highest BCUT2D eigenvalue weighted by molar-refractivity contribution is 5.99. The lowest BCUT2D eigenvalue weighted by atomic mass is 10.1. The fourth-order valence-electron chi connectivity index (χ4n) is 2.22. The van der Waals surface area contributed by atoms with Gasteiger partial charge < -0.3 is 10.2 Å². The van der Waals surface area contributed by atoms with Gasteiger partial charge in [0.25, 0.3) is 0 Å². The number of benzene rings is 2. The summed E-state index contributed by atoms with van der Waals surface area (Å²) < 4.78 is 0. The number of amides is 3. The highest BCUT2D eigenvalue weighted by Crippen LogP contribution is 2.25. The SMILES string of the molecule is C=CCNC(=O)NC(=O)CN(C)c1cccc2ccccc12. The number of nitrogens with zero attached hydrogens (tertiary/aromatic N) is 1. The molecule has 0 aromatic heterocycles. The minimum absolute atomic E-state index is 0.0928. The fourth-order valence-corrected chi connectivity index (χ4v) is 2.22. The Bertz CT molecular complexity index is 692. The van der Waals surface area contributed by atoms with Gasteiger partial charge in [0.15, 0.2) is 0 Å². The van der Waals surface area contributed by atoms with E-state index in [1.807, 2.05) is 54.4 Å². The zero-order valence-electron chi connectivity index (χ0n) is 12.5. The zero-order chi connectivity index (χ0) is 15.9. The van der Waals surface area contributed by atoms with Gasteiger partial charge in [0.2, 0.25) is 5.91 Å². The molecule has 0 unspecified atom stereocenters. The quantitative estimate of drug-likeness (QED) is 0.832. The lowest BCUT2D eigenvalue weighted by Crippen LogP contribution is -2.43. The molecule has 3 amide bonds. The van der Waals surface area contributed by atoms with Gasteiger partial charge in [-0.05, 0) is 11.5 Å². The fraction of sp³-hybridized carbons (Fsp3) is 0.176. The number of fused-ring (bicyclic) bond motifs is 1. The minimum atomic E-state index is -0.517. The number of rotatable bonds is 5. The van der Waals surface area contributed by atoms with Crippen LogP contribution in [0.5, 0.6) is 0 Å². The Labute approximate surface area is 129 Å². The molecule has 5 heteroatoms. The first-order valence-electron chi connectivity index (χ1n) is 6.99. The molecular weight excluding hydrogens is 278 g/mol. The van der Waals surface area contributed by atoms with Crippen molar-refractivity contribution >= 4 is 28.4 Å². The molecule has 22 heavy (non-hydrogen) atoms. The van der Waals surface area contributed by atoms with Crippen LogP contribution in [0.3, 0.4) is 0 Å². The number of urea groups is 1. The Morgan fingerprint density at radius 1 is 1.18 bits per heavy atom. The first kappa shape index (κ1) is 15.6. The van der Waals surface area contributed by atoms with Gasteiger partial charge in [0, 0.05) is 24.7 Å². The van der Waals surface area contributed by atoms with Crippen molar-refractivity contribution in [1.29, 1.82) is 0 Å². The van der Waals surface area contributed by atoms with Crippen molar-refractivity contribution in [1.82, 2.24) is 10.6 Å². The van der Waals surface area contributed by atoms with E-state index < -0.39 is 6.03 Å². The molecule has 0 aliphatic rings. The average Bonchev–Trinajstić information content (AvgIpc) is 2.52. The van der Waals surface area contributed by atoms with Gasteiger partial charge in [-0.2, -0.15) is 0 Å². The average molecular weight is 297 g/mol. The van der Waals surface area contributed by atoms with Crippen molar-refractivity contribution in [3.63, 3.8) is 0 Å². The van der Waals surface area contributed by atoms with Gasteiger partial charge in [-0.3, -0.25) is 10.1 Å². The number of likely N-dealkylation sites (N-methyl/N-ethyl adjacent to an activating group) is 1. The Kier molecular flexibility index (Phi) is 5.14. The summed E-state index contributed by atoms with van der Waals surface area (Å²) in [6, 6.07) is 13.4. The van der Waals surface area contributed by atoms with Gasteiger partial charge in [-0.25, -0.2) is 4.79 Å². The van der Waals surface area contributed by atoms with E-state index in [-0.39, 0.29) is 12.5 Å². The molecule has 0 saturated carbocycles. The lowest BCUT2D eigenvalue weighted by molar-refractivity contribution is -0.118. The molecular formula is C17H19N3O2. The predicted octanol–water partition coefficient (Wildman–Crippen LogP) is 2.29. The van der Waals surface area contributed by atoms with Gasteiger partial charge in [-0.1, -0.05) is 42.5 Å². The smallest absolute Gasteiger partial charge is 0.321 e. The van der Waals surface area contributed by atoms with Gasteiger partial charge >= 0.3 is 6.03 Å². The summed E-state index contributed by atoms with van der Waals surface area (Å²) in [6.45, 7) is 3.90. The van der Waals surface area contributed by atoms with E-state index in [4.69, 9.17) is 0 Å². The summed E-state index contributed by atoms with van der Waals surface area (Å²) in [7, 11) is 1.82. The second kappa shape index (κ2) is 7.26. The predicted molar refractivity (Wildman–Crippen MR) is 89.0 cm³/mol. The number of nitrogens with one attached hydrogen (secondary N) is 2. The monoisotopic (exact) mass is 297 g/mol. The van der Waals surface area contributed by atoms with Crippen LogP contribution in [-0.2, 0) is 4.79 Å². The molecule has 2 N–H and O–H groups in total. The first-order chi connectivity index (χ1) is 10.6. The molecule has 0 atom stereocenters. The number of hydrogen-bond acceptors (Lipinski definition) is 3. The van der Waals surface area contributed by atoms with Crippen molar-refractivity contribution in [2.45, 2.75) is 0 Å². The maximum atomic E-state index is 11.9. The van der Waals surface area contributed by atoms with Crippen LogP contribution >= 0.6 is 0 Å². The van der Waals surface area contributed by atoms with Gasteiger partial charge in [-0.15, -0.1) is 6.58 Å². The number of carbonyl (C=O) groups is 2. The minimum Gasteiger partial charge on any atom is -0.365 e. The molecule has 0 spiro atoms. The van der Waals surface area contributed by atoms with Crippen molar-refractivity contribution in [2.24, 2.45) is 0 Å². The first-order valence-corrected chi connectivity index (χ1v) is 6.99. The van der Waals surface area contributed by atoms with Crippen LogP contribution in [0.15, 0.2) is 55.1 Å². The summed E-state index contributed by atoms with van der Waals surface area (Å²) in [6.07, 6.45) is 1.55. The van der Waals surface area contributed by atoms with E-state index in [1.54, 1.807) is 6.08 Å². The third-order valence-electron chi connectivity index (χ3n) is 3.22. The van der Waals surface area contributed by atoms with Gasteiger partial charge in [0.05, 0.1) is 6.54 Å². The van der Waals surface area contributed by atoms with E-state index in [2.05, 4.69) is 17.2 Å². The third kappa shape index (κ3) is 3.85. The molecule has 0 aliphatic heterocycles. The number of anilines is 1. The summed E-state index contributed by atoms with van der Waals surface area (Å²) >= 11 is 0. The van der Waals surface area contributed by atoms with Crippen molar-refractivity contribution in [2.75, 3.05) is 25.0 Å². The maximum absolute atomic E-state index is 11.9. The Balaban J connectivity index is 2.04. The van der Waals surface area contributed by atoms with Crippen LogP contribution < -0.4 is 15.5 Å². The van der Waals surface area contributed by atoms with Gasteiger partial charge in [0.1, 0.15) is 0 Å². The van der Waals surface area contributed by atoms with Crippen molar-refractivity contribution in [3.8, 4) is 0 Å². The summed E-state index contributed by atoms with van der Waals surface area (Å²) in [4.78, 5) is 25.1. The molecule has 114 valence electrons. The van der Waals surface area contributed by atoms with Crippen LogP contribution in [0.1, 0.15) is 0 Å². The molecule has 0 radical (unpaired) electrons. The highest BCUT2D eigenvalue weighted by atomic mass is 16.2. The second-order valence-corrected chi connectivity index (χ2v) is 4.90. The number of carbonyl (C=O) groups excluding carboxylic acids is 2. The normalized spacial score (nSPS) is 10.0. The van der Waals surface area contributed by atoms with Crippen molar-refractivity contribution < 1.29 is 9.59 Å². The van der Waals surface area contributed by atoms with E-state index >= 15 is 0 Å². The van der Waals surface area contributed by atoms with Crippen LogP contribution in [0, 0.1) is 0 Å². The molecule has 0 heterocycles. The van der Waals surface area contributed by atoms with Crippen molar-refractivity contribution in [3.05, 3.63) is 55.1 Å². The number of hydrogen-bond donors (Lipinski definition) is 2. The molecule has 2 aromatic carbocycles. The van der Waals surface area contributed by atoms with Crippen LogP contribution in [0.2, 0.25) is 0 Å². The summed E-state index contributed by atoms with van der Waals surface area (Å²) in [5.41, 5.74) is 0.944. The summed E-state index contributed by atoms with van der Waals surface area (Å²) in [5, 5.41) is 6.96.